The van der Waals surface area contributed by atoms with Crippen molar-refractivity contribution in [2.75, 3.05) is 6.61 Å². The predicted octanol–water partition coefficient (Wildman–Crippen LogP) is 3.97. The summed E-state index contributed by atoms with van der Waals surface area (Å²) in [5, 5.41) is 4.90. The number of carbonyl (C=O) groups excluding carboxylic acids is 1. The molecule has 3 heterocycles. The Kier molecular flexibility index (Phi) is 3.73. The first kappa shape index (κ1) is 17.2. The van der Waals surface area contributed by atoms with Gasteiger partial charge in [-0.1, -0.05) is 6.07 Å². The van der Waals surface area contributed by atoms with Crippen LogP contribution in [0.3, 0.4) is 0 Å². The Morgan fingerprint density at radius 3 is 2.82 bits per heavy atom. The van der Waals surface area contributed by atoms with Crippen LogP contribution in [-0.2, 0) is 23.1 Å². The summed E-state index contributed by atoms with van der Waals surface area (Å²) >= 11 is 0. The second-order valence-corrected chi connectivity index (χ2v) is 7.93. The van der Waals surface area contributed by atoms with E-state index < -0.39 is 5.97 Å². The van der Waals surface area contributed by atoms with E-state index in [2.05, 4.69) is 17.2 Å². The van der Waals surface area contributed by atoms with Gasteiger partial charge in [0.05, 0.1) is 18.8 Å². The number of pyridine rings is 1. The lowest BCUT2D eigenvalue weighted by atomic mass is 9.82. The summed E-state index contributed by atoms with van der Waals surface area (Å²) < 4.78 is 13.2. The highest BCUT2D eigenvalue weighted by atomic mass is 16.5. The number of hydrogen-bond acceptors (Lipinski definition) is 5. The first-order valence-electron chi connectivity index (χ1n) is 9.80. The van der Waals surface area contributed by atoms with Gasteiger partial charge in [0.25, 0.3) is 0 Å². The second kappa shape index (κ2) is 6.06. The van der Waals surface area contributed by atoms with Crippen molar-refractivity contribution in [2.24, 2.45) is 0 Å². The van der Waals surface area contributed by atoms with Crippen LogP contribution in [0.5, 0.6) is 0 Å². The molecule has 1 saturated carbocycles. The predicted molar refractivity (Wildman–Crippen MR) is 103 cm³/mol. The molecule has 0 aliphatic heterocycles. The van der Waals surface area contributed by atoms with E-state index in [-0.39, 0.29) is 5.41 Å². The van der Waals surface area contributed by atoms with Gasteiger partial charge in [0, 0.05) is 46.6 Å². The van der Waals surface area contributed by atoms with Crippen LogP contribution in [-0.4, -0.2) is 27.3 Å². The number of carbonyl (C=O) groups is 1. The van der Waals surface area contributed by atoms with Crippen molar-refractivity contribution >= 4 is 5.97 Å². The van der Waals surface area contributed by atoms with E-state index in [0.717, 1.165) is 53.1 Å². The molecule has 0 atom stereocenters. The number of ether oxygens (including phenoxy) is 1. The minimum absolute atomic E-state index is 0.113. The second-order valence-electron chi connectivity index (χ2n) is 7.93. The van der Waals surface area contributed by atoms with Gasteiger partial charge in [-0.25, -0.2) is 4.79 Å². The molecule has 5 rings (SSSR count). The van der Waals surface area contributed by atoms with Crippen LogP contribution in [0.15, 0.2) is 28.9 Å². The molecule has 0 aromatic carbocycles. The Labute approximate surface area is 163 Å². The zero-order chi connectivity index (χ0) is 19.5. The van der Waals surface area contributed by atoms with Crippen LogP contribution >= 0.6 is 0 Å². The fraction of sp³-hybridized carbons (Fsp3) is 0.409. The third-order valence-corrected chi connectivity index (χ3v) is 5.92. The van der Waals surface area contributed by atoms with Gasteiger partial charge in [-0.15, -0.1) is 0 Å². The van der Waals surface area contributed by atoms with Crippen molar-refractivity contribution in [3.8, 4) is 11.3 Å². The molecule has 28 heavy (non-hydrogen) atoms. The van der Waals surface area contributed by atoms with Gasteiger partial charge < -0.3 is 9.15 Å². The summed E-state index contributed by atoms with van der Waals surface area (Å²) in [5.74, 6) is 0.784. The number of aryl methyl sites for hydroxylation is 1. The van der Waals surface area contributed by atoms with Gasteiger partial charge >= 0.3 is 5.97 Å². The van der Waals surface area contributed by atoms with Crippen molar-refractivity contribution in [3.63, 3.8) is 0 Å². The zero-order valence-corrected chi connectivity index (χ0v) is 16.4. The van der Waals surface area contributed by atoms with Crippen LogP contribution in [0.4, 0.5) is 0 Å². The number of aromatic nitrogens is 3. The first-order valence-corrected chi connectivity index (χ1v) is 9.80. The van der Waals surface area contributed by atoms with Crippen molar-refractivity contribution in [1.82, 2.24) is 14.8 Å². The summed E-state index contributed by atoms with van der Waals surface area (Å²) in [5.41, 5.74) is 6.26. The maximum absolute atomic E-state index is 12.3. The number of nitrogens with zero attached hydrogens (tertiary/aromatic N) is 3. The molecular formula is C22H23N3O3. The fourth-order valence-corrected chi connectivity index (χ4v) is 4.25. The zero-order valence-electron chi connectivity index (χ0n) is 16.4. The molecule has 0 radical (unpaired) electrons. The van der Waals surface area contributed by atoms with Gasteiger partial charge in [0.1, 0.15) is 5.76 Å². The number of esters is 1. The molecule has 1 fully saturated rings. The Bertz CT molecular complexity index is 1070. The molecule has 3 aromatic rings. The average Bonchev–Trinajstić information content (AvgIpc) is 3.17. The molecule has 2 aliphatic carbocycles. The van der Waals surface area contributed by atoms with Gasteiger partial charge in [-0.2, -0.15) is 5.10 Å². The lowest BCUT2D eigenvalue weighted by Crippen LogP contribution is -2.15. The fourth-order valence-electron chi connectivity index (χ4n) is 4.25. The lowest BCUT2D eigenvalue weighted by molar-refractivity contribution is 0.0486. The monoisotopic (exact) mass is 377 g/mol. The third-order valence-electron chi connectivity index (χ3n) is 5.92. The van der Waals surface area contributed by atoms with Gasteiger partial charge in [0.2, 0.25) is 5.76 Å². The number of rotatable bonds is 4. The van der Waals surface area contributed by atoms with Crippen LogP contribution in [0.25, 0.3) is 11.3 Å². The Balaban J connectivity index is 1.57. The third kappa shape index (κ3) is 2.58. The van der Waals surface area contributed by atoms with Crippen molar-refractivity contribution < 1.29 is 13.9 Å². The Morgan fingerprint density at radius 1 is 1.32 bits per heavy atom. The Morgan fingerprint density at radius 2 is 2.14 bits per heavy atom. The highest BCUT2D eigenvalue weighted by Gasteiger charge is 2.52. The average molecular weight is 377 g/mol. The van der Waals surface area contributed by atoms with Gasteiger partial charge in [-0.3, -0.25) is 9.67 Å². The molecule has 0 amide bonds. The van der Waals surface area contributed by atoms with Gasteiger partial charge in [0.15, 0.2) is 0 Å². The van der Waals surface area contributed by atoms with Crippen LogP contribution in [0, 0.1) is 13.8 Å². The van der Waals surface area contributed by atoms with E-state index in [1.165, 1.54) is 5.56 Å². The largest absolute Gasteiger partial charge is 0.460 e. The topological polar surface area (TPSA) is 70.2 Å². The molecule has 2 aliphatic rings. The molecule has 0 unspecified atom stereocenters. The first-order chi connectivity index (χ1) is 13.5. The lowest BCUT2D eigenvalue weighted by Gasteiger charge is -2.19. The quantitative estimate of drug-likeness (QED) is 0.644. The number of furan rings is 1. The van der Waals surface area contributed by atoms with Crippen molar-refractivity contribution in [1.29, 1.82) is 0 Å². The highest BCUT2D eigenvalue weighted by Crippen LogP contribution is 2.58. The summed E-state index contributed by atoms with van der Waals surface area (Å²) in [6.07, 6.45) is 7.16. The maximum Gasteiger partial charge on any atom is 0.374 e. The van der Waals surface area contributed by atoms with E-state index in [1.807, 2.05) is 30.8 Å². The molecule has 3 aromatic heterocycles. The summed E-state index contributed by atoms with van der Waals surface area (Å²) in [6, 6.07) is 4.11. The maximum atomic E-state index is 12.3. The van der Waals surface area contributed by atoms with Crippen molar-refractivity contribution in [2.45, 2.75) is 52.0 Å². The van der Waals surface area contributed by atoms with E-state index in [1.54, 1.807) is 6.92 Å². The molecular weight excluding hydrogens is 354 g/mol. The summed E-state index contributed by atoms with van der Waals surface area (Å²) in [6.45, 7) is 6.71. The minimum Gasteiger partial charge on any atom is -0.460 e. The normalized spacial score (nSPS) is 16.0. The van der Waals surface area contributed by atoms with E-state index in [9.17, 15) is 4.79 Å². The summed E-state index contributed by atoms with van der Waals surface area (Å²) in [4.78, 5) is 16.7. The summed E-state index contributed by atoms with van der Waals surface area (Å²) in [7, 11) is 0. The van der Waals surface area contributed by atoms with Crippen LogP contribution in [0.1, 0.15) is 58.5 Å². The highest BCUT2D eigenvalue weighted by molar-refractivity contribution is 5.92. The van der Waals surface area contributed by atoms with Crippen LogP contribution in [0.2, 0.25) is 0 Å². The number of fused-ring (bicyclic) bond motifs is 4. The molecule has 6 heteroatoms. The molecule has 0 saturated heterocycles. The molecule has 0 N–H and O–H groups in total. The molecule has 1 spiro atoms. The molecule has 144 valence electrons. The van der Waals surface area contributed by atoms with E-state index >= 15 is 0 Å². The minimum atomic E-state index is -0.397. The Hall–Kier alpha value is -2.89. The molecule has 0 bridgehead atoms. The number of hydrogen-bond donors (Lipinski definition) is 0. The molecule has 6 nitrogen and oxygen atoms in total. The van der Waals surface area contributed by atoms with E-state index in [4.69, 9.17) is 14.3 Å². The van der Waals surface area contributed by atoms with Crippen LogP contribution < -0.4 is 0 Å². The van der Waals surface area contributed by atoms with Gasteiger partial charge in [-0.05, 0) is 45.2 Å². The smallest absolute Gasteiger partial charge is 0.374 e. The van der Waals surface area contributed by atoms with E-state index in [0.29, 0.717) is 18.9 Å². The van der Waals surface area contributed by atoms with Crippen molar-refractivity contribution in [3.05, 3.63) is 58.4 Å². The standard InChI is InChI=1S/C22H23N3O3/c1-4-27-21(26)20-14(3)18-17(28-20)9-22(7-8-22)16-12-25(24-19(16)18)11-15-6-5-13(2)23-10-15/h5-6,10,12H,4,7-9,11H2,1-3H3. The SMILES string of the molecule is CCOC(=O)c1oc2c(c1C)-c1nn(Cc3ccc(C)nc3)cc1C1(CC1)C2.